The molecule has 1 aromatic carbocycles. The fourth-order valence-electron chi connectivity index (χ4n) is 1.90. The first-order valence-electron chi connectivity index (χ1n) is 5.39. The van der Waals surface area contributed by atoms with E-state index >= 15 is 0 Å². The quantitative estimate of drug-likeness (QED) is 0.848. The lowest BCUT2D eigenvalue weighted by molar-refractivity contribution is -0.147. The lowest BCUT2D eigenvalue weighted by Gasteiger charge is -2.24. The fraction of sp³-hybridized carbons (Fsp3) is 0.417. The van der Waals surface area contributed by atoms with Crippen LogP contribution in [0.5, 0.6) is 0 Å². The van der Waals surface area contributed by atoms with Crippen molar-refractivity contribution in [3.63, 3.8) is 0 Å². The van der Waals surface area contributed by atoms with Crippen molar-refractivity contribution < 1.29 is 9.53 Å². The third kappa shape index (κ3) is 2.38. The molecule has 1 N–H and O–H groups in total. The van der Waals surface area contributed by atoms with Crippen LogP contribution in [0.1, 0.15) is 12.5 Å². The van der Waals surface area contributed by atoms with Crippen molar-refractivity contribution in [2.24, 2.45) is 5.92 Å². The second-order valence-corrected chi connectivity index (χ2v) is 4.75. The Balaban J connectivity index is 2.13. The minimum Gasteiger partial charge on any atom is -0.466 e. The lowest BCUT2D eigenvalue weighted by Crippen LogP contribution is -2.31. The van der Waals surface area contributed by atoms with Gasteiger partial charge in [0.15, 0.2) is 0 Å². The van der Waals surface area contributed by atoms with Gasteiger partial charge in [-0.1, -0.05) is 15.9 Å². The van der Waals surface area contributed by atoms with E-state index in [2.05, 4.69) is 21.2 Å². The molecular formula is C12H14BrNO2. The fourth-order valence-corrected chi connectivity index (χ4v) is 2.31. The van der Waals surface area contributed by atoms with Crippen molar-refractivity contribution in [3.8, 4) is 0 Å². The molecule has 0 spiro atoms. The molecule has 0 fully saturated rings. The molecule has 1 aliphatic heterocycles. The average molecular weight is 284 g/mol. The smallest absolute Gasteiger partial charge is 0.311 e. The van der Waals surface area contributed by atoms with E-state index < -0.39 is 0 Å². The number of anilines is 1. The summed E-state index contributed by atoms with van der Waals surface area (Å²) in [6, 6.07) is 6.07. The highest BCUT2D eigenvalue weighted by molar-refractivity contribution is 9.10. The number of esters is 1. The van der Waals surface area contributed by atoms with Crippen LogP contribution < -0.4 is 5.32 Å². The van der Waals surface area contributed by atoms with Gasteiger partial charge < -0.3 is 10.1 Å². The first kappa shape index (κ1) is 11.5. The van der Waals surface area contributed by atoms with Gasteiger partial charge in [-0.25, -0.2) is 0 Å². The summed E-state index contributed by atoms with van der Waals surface area (Å²) in [6.45, 7) is 2.94. The zero-order chi connectivity index (χ0) is 11.5. The van der Waals surface area contributed by atoms with Gasteiger partial charge in [-0.15, -0.1) is 0 Å². The first-order chi connectivity index (χ1) is 7.70. The molecule has 0 radical (unpaired) electrons. The molecule has 1 atom stereocenters. The van der Waals surface area contributed by atoms with E-state index in [1.165, 1.54) is 5.56 Å². The van der Waals surface area contributed by atoms with Crippen LogP contribution in [0.3, 0.4) is 0 Å². The third-order valence-corrected chi connectivity index (χ3v) is 3.19. The van der Waals surface area contributed by atoms with Gasteiger partial charge in [0, 0.05) is 16.7 Å². The van der Waals surface area contributed by atoms with Crippen molar-refractivity contribution in [2.45, 2.75) is 13.3 Å². The molecule has 0 saturated heterocycles. The Bertz CT molecular complexity index is 406. The van der Waals surface area contributed by atoms with Crippen LogP contribution >= 0.6 is 15.9 Å². The standard InChI is InChI=1S/C12H14BrNO2/c1-2-16-12(15)9-5-8-6-10(13)3-4-11(8)14-7-9/h3-4,6,9,14H,2,5,7H2,1H3/t9-/m0/s1. The van der Waals surface area contributed by atoms with Crippen LogP contribution in [0, 0.1) is 5.92 Å². The van der Waals surface area contributed by atoms with Gasteiger partial charge in [-0.3, -0.25) is 4.79 Å². The number of nitrogens with one attached hydrogen (secondary N) is 1. The van der Waals surface area contributed by atoms with Gasteiger partial charge in [0.2, 0.25) is 0 Å². The molecule has 1 aromatic rings. The molecular weight excluding hydrogens is 270 g/mol. The Morgan fingerprint density at radius 2 is 2.44 bits per heavy atom. The van der Waals surface area contributed by atoms with Crippen molar-refractivity contribution in [1.82, 2.24) is 0 Å². The Hall–Kier alpha value is -1.03. The minimum atomic E-state index is -0.111. The molecule has 2 rings (SSSR count). The van der Waals surface area contributed by atoms with Gasteiger partial charge in [-0.05, 0) is 37.1 Å². The predicted octanol–water partition coefficient (Wildman–Crippen LogP) is 2.60. The third-order valence-electron chi connectivity index (χ3n) is 2.69. The number of hydrogen-bond donors (Lipinski definition) is 1. The average Bonchev–Trinajstić information content (AvgIpc) is 2.28. The minimum absolute atomic E-state index is 0.0678. The SMILES string of the molecule is CCOC(=O)[C@@H]1CNc2ccc(Br)cc2C1. The van der Waals surface area contributed by atoms with Crippen LogP contribution in [0.25, 0.3) is 0 Å². The van der Waals surface area contributed by atoms with Gasteiger partial charge >= 0.3 is 5.97 Å². The van der Waals surface area contributed by atoms with E-state index in [0.717, 1.165) is 16.6 Å². The summed E-state index contributed by atoms with van der Waals surface area (Å²) in [5.41, 5.74) is 2.28. The molecule has 4 heteroatoms. The van der Waals surface area contributed by atoms with Crippen LogP contribution in [0.4, 0.5) is 5.69 Å². The maximum absolute atomic E-state index is 11.6. The van der Waals surface area contributed by atoms with Crippen LogP contribution in [0.15, 0.2) is 22.7 Å². The Morgan fingerprint density at radius 3 is 3.19 bits per heavy atom. The van der Waals surface area contributed by atoms with E-state index in [1.807, 2.05) is 25.1 Å². The van der Waals surface area contributed by atoms with E-state index in [9.17, 15) is 4.79 Å². The molecule has 0 aromatic heterocycles. The number of hydrogen-bond acceptors (Lipinski definition) is 3. The van der Waals surface area contributed by atoms with Crippen LogP contribution in [0.2, 0.25) is 0 Å². The van der Waals surface area contributed by atoms with Crippen LogP contribution in [-0.2, 0) is 16.0 Å². The zero-order valence-electron chi connectivity index (χ0n) is 9.13. The number of carbonyl (C=O) groups excluding carboxylic acids is 1. The first-order valence-corrected chi connectivity index (χ1v) is 6.19. The molecule has 0 bridgehead atoms. The molecule has 0 saturated carbocycles. The van der Waals surface area contributed by atoms with Gasteiger partial charge in [-0.2, -0.15) is 0 Å². The second kappa shape index (κ2) is 4.87. The summed E-state index contributed by atoms with van der Waals surface area (Å²) in [5.74, 6) is -0.178. The number of benzene rings is 1. The highest BCUT2D eigenvalue weighted by atomic mass is 79.9. The number of halogens is 1. The Morgan fingerprint density at radius 1 is 1.62 bits per heavy atom. The normalized spacial score (nSPS) is 18.5. The number of carbonyl (C=O) groups is 1. The Labute approximate surface area is 103 Å². The van der Waals surface area contributed by atoms with E-state index in [-0.39, 0.29) is 11.9 Å². The maximum Gasteiger partial charge on any atom is 0.311 e. The highest BCUT2D eigenvalue weighted by Crippen LogP contribution is 2.28. The molecule has 1 aliphatic rings. The van der Waals surface area contributed by atoms with Gasteiger partial charge in [0.25, 0.3) is 0 Å². The largest absolute Gasteiger partial charge is 0.466 e. The van der Waals surface area contributed by atoms with E-state index in [0.29, 0.717) is 13.2 Å². The summed E-state index contributed by atoms with van der Waals surface area (Å²) in [5, 5.41) is 3.26. The Kier molecular flexibility index (Phi) is 3.49. The number of fused-ring (bicyclic) bond motifs is 1. The summed E-state index contributed by atoms with van der Waals surface area (Å²) in [7, 11) is 0. The number of rotatable bonds is 2. The second-order valence-electron chi connectivity index (χ2n) is 3.84. The molecule has 1 heterocycles. The van der Waals surface area contributed by atoms with Gasteiger partial charge in [0.1, 0.15) is 0 Å². The van der Waals surface area contributed by atoms with E-state index in [1.54, 1.807) is 0 Å². The van der Waals surface area contributed by atoms with Crippen molar-refractivity contribution in [3.05, 3.63) is 28.2 Å². The summed E-state index contributed by atoms with van der Waals surface area (Å²) >= 11 is 3.43. The molecule has 0 aliphatic carbocycles. The zero-order valence-corrected chi connectivity index (χ0v) is 10.7. The molecule has 0 unspecified atom stereocenters. The highest BCUT2D eigenvalue weighted by Gasteiger charge is 2.25. The summed E-state index contributed by atoms with van der Waals surface area (Å²) in [4.78, 5) is 11.6. The van der Waals surface area contributed by atoms with Gasteiger partial charge in [0.05, 0.1) is 12.5 Å². The van der Waals surface area contributed by atoms with Crippen molar-refractivity contribution >= 4 is 27.6 Å². The molecule has 86 valence electrons. The monoisotopic (exact) mass is 283 g/mol. The van der Waals surface area contributed by atoms with Crippen LogP contribution in [-0.4, -0.2) is 19.1 Å². The summed E-state index contributed by atoms with van der Waals surface area (Å²) < 4.78 is 6.08. The molecule has 16 heavy (non-hydrogen) atoms. The molecule has 3 nitrogen and oxygen atoms in total. The topological polar surface area (TPSA) is 38.3 Å². The number of ether oxygens (including phenoxy) is 1. The molecule has 0 amide bonds. The van der Waals surface area contributed by atoms with Crippen molar-refractivity contribution in [2.75, 3.05) is 18.5 Å². The predicted molar refractivity (Wildman–Crippen MR) is 66.5 cm³/mol. The van der Waals surface area contributed by atoms with E-state index in [4.69, 9.17) is 4.74 Å². The van der Waals surface area contributed by atoms with Crippen molar-refractivity contribution in [1.29, 1.82) is 0 Å². The lowest BCUT2D eigenvalue weighted by atomic mass is 9.94. The summed E-state index contributed by atoms with van der Waals surface area (Å²) in [6.07, 6.45) is 0.751. The maximum atomic E-state index is 11.6.